The van der Waals surface area contributed by atoms with Gasteiger partial charge in [-0.05, 0) is 24.6 Å². The molecule has 1 N–H and O–H groups in total. The average Bonchev–Trinajstić information content (AvgIpc) is 2.36. The monoisotopic (exact) mass is 240 g/mol. The molecule has 1 aliphatic heterocycles. The van der Waals surface area contributed by atoms with Crippen molar-refractivity contribution in [2.24, 2.45) is 0 Å². The number of hydrogen-bond donors (Lipinski definition) is 1. The molecule has 1 atom stereocenters. The molecule has 0 spiro atoms. The van der Waals surface area contributed by atoms with Gasteiger partial charge in [0.2, 0.25) is 0 Å². The molecule has 0 radical (unpaired) electrons. The predicted molar refractivity (Wildman–Crippen MR) is 63.8 cm³/mol. The summed E-state index contributed by atoms with van der Waals surface area (Å²) in [6.45, 7) is 5.60. The van der Waals surface area contributed by atoms with E-state index in [1.165, 1.54) is 18.2 Å². The molecule has 0 amide bonds. The number of hydrogen-bond acceptors (Lipinski definition) is 2. The maximum atomic E-state index is 13.8. The Morgan fingerprint density at radius 1 is 1.29 bits per heavy atom. The average molecular weight is 240 g/mol. The lowest BCUT2D eigenvalue weighted by Gasteiger charge is -2.34. The number of nitrogens with zero attached hydrogens (tertiary/aromatic N) is 1. The third-order valence-corrected chi connectivity index (χ3v) is 3.30. The lowest BCUT2D eigenvalue weighted by atomic mass is 10.0. The fraction of sp³-hybridized carbons (Fsp3) is 0.538. The van der Waals surface area contributed by atoms with Gasteiger partial charge in [0.05, 0.1) is 0 Å². The van der Waals surface area contributed by atoms with E-state index in [-0.39, 0.29) is 17.7 Å². The first-order valence-electron chi connectivity index (χ1n) is 6.12. The minimum absolute atomic E-state index is 0.0206. The molecule has 94 valence electrons. The highest BCUT2D eigenvalue weighted by molar-refractivity contribution is 5.22. The van der Waals surface area contributed by atoms with Crippen LogP contribution in [-0.4, -0.2) is 31.1 Å². The van der Waals surface area contributed by atoms with Crippen LogP contribution in [0.1, 0.15) is 24.9 Å². The Morgan fingerprint density at radius 2 is 2.00 bits per heavy atom. The summed E-state index contributed by atoms with van der Waals surface area (Å²) in [5, 5.41) is 3.26. The van der Waals surface area contributed by atoms with E-state index in [1.807, 2.05) is 6.92 Å². The van der Waals surface area contributed by atoms with Gasteiger partial charge in [-0.3, -0.25) is 4.90 Å². The van der Waals surface area contributed by atoms with Crippen LogP contribution in [0.15, 0.2) is 18.2 Å². The molecule has 1 aromatic carbocycles. The van der Waals surface area contributed by atoms with E-state index < -0.39 is 0 Å². The molecule has 1 saturated heterocycles. The van der Waals surface area contributed by atoms with E-state index in [2.05, 4.69) is 10.2 Å². The van der Waals surface area contributed by atoms with E-state index in [4.69, 9.17) is 0 Å². The van der Waals surface area contributed by atoms with Gasteiger partial charge in [-0.25, -0.2) is 8.78 Å². The van der Waals surface area contributed by atoms with Gasteiger partial charge in [0, 0.05) is 37.8 Å². The Morgan fingerprint density at radius 3 is 2.65 bits per heavy atom. The summed E-state index contributed by atoms with van der Waals surface area (Å²) >= 11 is 0. The number of halogens is 2. The molecular weight excluding hydrogens is 222 g/mol. The molecule has 0 bridgehead atoms. The first kappa shape index (κ1) is 12.5. The minimum Gasteiger partial charge on any atom is -0.314 e. The second-order valence-electron chi connectivity index (χ2n) is 4.38. The van der Waals surface area contributed by atoms with Crippen LogP contribution in [0.2, 0.25) is 0 Å². The third kappa shape index (κ3) is 2.82. The van der Waals surface area contributed by atoms with Crippen molar-refractivity contribution in [1.82, 2.24) is 10.2 Å². The standard InChI is InChI=1S/C13H18F2N2/c1-2-13(17-7-5-16-6-8-17)11-9-10(14)3-4-12(11)15/h3-4,9,13,16H,2,5-8H2,1H3. The quantitative estimate of drug-likeness (QED) is 0.872. The lowest BCUT2D eigenvalue weighted by Crippen LogP contribution is -2.45. The summed E-state index contributed by atoms with van der Waals surface area (Å²) in [6, 6.07) is 3.69. The van der Waals surface area contributed by atoms with Crippen molar-refractivity contribution >= 4 is 0 Å². The predicted octanol–water partition coefficient (Wildman–Crippen LogP) is 2.32. The maximum absolute atomic E-state index is 13.8. The van der Waals surface area contributed by atoms with E-state index in [9.17, 15) is 8.78 Å². The zero-order chi connectivity index (χ0) is 12.3. The Labute approximate surface area is 101 Å². The van der Waals surface area contributed by atoms with Gasteiger partial charge in [0.15, 0.2) is 0 Å². The van der Waals surface area contributed by atoms with Crippen LogP contribution in [0.25, 0.3) is 0 Å². The van der Waals surface area contributed by atoms with Gasteiger partial charge < -0.3 is 5.32 Å². The molecule has 2 nitrogen and oxygen atoms in total. The van der Waals surface area contributed by atoms with Gasteiger partial charge in [-0.2, -0.15) is 0 Å². The molecule has 0 aromatic heterocycles. The Hall–Kier alpha value is -1.00. The zero-order valence-corrected chi connectivity index (χ0v) is 10.0. The van der Waals surface area contributed by atoms with Crippen molar-refractivity contribution < 1.29 is 8.78 Å². The number of benzene rings is 1. The molecule has 2 rings (SSSR count). The second kappa shape index (κ2) is 5.56. The molecule has 17 heavy (non-hydrogen) atoms. The molecule has 1 unspecified atom stereocenters. The van der Waals surface area contributed by atoms with Gasteiger partial charge in [0.1, 0.15) is 11.6 Å². The second-order valence-corrected chi connectivity index (χ2v) is 4.38. The van der Waals surface area contributed by atoms with E-state index >= 15 is 0 Å². The molecule has 0 aliphatic carbocycles. The summed E-state index contributed by atoms with van der Waals surface area (Å²) in [7, 11) is 0. The highest BCUT2D eigenvalue weighted by atomic mass is 19.1. The SMILES string of the molecule is CCC(c1cc(F)ccc1F)N1CCNCC1. The fourth-order valence-corrected chi connectivity index (χ4v) is 2.44. The first-order chi connectivity index (χ1) is 8.22. The molecule has 4 heteroatoms. The first-order valence-corrected chi connectivity index (χ1v) is 6.12. The van der Waals surface area contributed by atoms with Gasteiger partial charge >= 0.3 is 0 Å². The highest BCUT2D eigenvalue weighted by Crippen LogP contribution is 2.27. The van der Waals surface area contributed by atoms with Crippen molar-refractivity contribution in [3.63, 3.8) is 0 Å². The molecular formula is C13H18F2N2. The smallest absolute Gasteiger partial charge is 0.128 e. The third-order valence-electron chi connectivity index (χ3n) is 3.30. The summed E-state index contributed by atoms with van der Waals surface area (Å²) in [4.78, 5) is 2.22. The molecule has 0 saturated carbocycles. The highest BCUT2D eigenvalue weighted by Gasteiger charge is 2.23. The van der Waals surface area contributed by atoms with Crippen LogP contribution in [0.3, 0.4) is 0 Å². The van der Waals surface area contributed by atoms with Crippen LogP contribution in [-0.2, 0) is 0 Å². The number of nitrogens with one attached hydrogen (secondary N) is 1. The fourth-order valence-electron chi connectivity index (χ4n) is 2.44. The van der Waals surface area contributed by atoms with Gasteiger partial charge in [0.25, 0.3) is 0 Å². The van der Waals surface area contributed by atoms with Crippen LogP contribution in [0.4, 0.5) is 8.78 Å². The van der Waals surface area contributed by atoms with Crippen LogP contribution < -0.4 is 5.32 Å². The lowest BCUT2D eigenvalue weighted by molar-refractivity contribution is 0.166. The van der Waals surface area contributed by atoms with Crippen LogP contribution in [0.5, 0.6) is 0 Å². The largest absolute Gasteiger partial charge is 0.314 e. The maximum Gasteiger partial charge on any atom is 0.128 e. The van der Waals surface area contributed by atoms with Gasteiger partial charge in [-0.15, -0.1) is 0 Å². The van der Waals surface area contributed by atoms with Crippen LogP contribution in [0, 0.1) is 11.6 Å². The Balaban J connectivity index is 2.24. The Kier molecular flexibility index (Phi) is 4.07. The zero-order valence-electron chi connectivity index (χ0n) is 10.0. The van der Waals surface area contributed by atoms with Crippen LogP contribution >= 0.6 is 0 Å². The number of piperazine rings is 1. The van der Waals surface area contributed by atoms with E-state index in [0.717, 1.165) is 32.6 Å². The summed E-state index contributed by atoms with van der Waals surface area (Å²) in [5.74, 6) is -0.674. The molecule has 1 heterocycles. The molecule has 1 fully saturated rings. The minimum atomic E-state index is -0.366. The van der Waals surface area contributed by atoms with E-state index in [1.54, 1.807) is 0 Å². The summed E-state index contributed by atoms with van der Waals surface area (Å²) in [5.41, 5.74) is 0.481. The van der Waals surface area contributed by atoms with Crippen molar-refractivity contribution in [2.75, 3.05) is 26.2 Å². The van der Waals surface area contributed by atoms with Gasteiger partial charge in [-0.1, -0.05) is 6.92 Å². The van der Waals surface area contributed by atoms with Crippen molar-refractivity contribution in [3.05, 3.63) is 35.4 Å². The topological polar surface area (TPSA) is 15.3 Å². The summed E-state index contributed by atoms with van der Waals surface area (Å²) in [6.07, 6.45) is 0.792. The Bertz CT molecular complexity index is 376. The summed E-state index contributed by atoms with van der Waals surface area (Å²) < 4.78 is 27.0. The van der Waals surface area contributed by atoms with Crippen molar-refractivity contribution in [2.45, 2.75) is 19.4 Å². The normalized spacial score (nSPS) is 19.2. The van der Waals surface area contributed by atoms with E-state index in [0.29, 0.717) is 5.56 Å². The number of rotatable bonds is 3. The molecule has 1 aromatic rings. The van der Waals surface area contributed by atoms with Crippen molar-refractivity contribution in [3.8, 4) is 0 Å². The molecule has 1 aliphatic rings. The van der Waals surface area contributed by atoms with Crippen molar-refractivity contribution in [1.29, 1.82) is 0 Å².